The maximum absolute atomic E-state index is 5.81. The van der Waals surface area contributed by atoms with Gasteiger partial charge in [0.2, 0.25) is 5.95 Å². The van der Waals surface area contributed by atoms with E-state index < -0.39 is 0 Å². The molecule has 0 fully saturated rings. The summed E-state index contributed by atoms with van der Waals surface area (Å²) in [7, 11) is 0. The van der Waals surface area contributed by atoms with Gasteiger partial charge < -0.3 is 10.6 Å². The fraction of sp³-hybridized carbons (Fsp3) is 0.111. The number of benzene rings is 2. The Bertz CT molecular complexity index is 701. The standard InChI is InChI=1S/C18H17BrN4/c19-16-11-17(22-18(20)21-16)23(12-14-7-3-1-4-8-14)13-15-9-5-2-6-10-15/h1-11H,12-13H2,(H2,20,21,22). The van der Waals surface area contributed by atoms with Gasteiger partial charge in [-0.05, 0) is 27.1 Å². The van der Waals surface area contributed by atoms with Gasteiger partial charge in [-0.3, -0.25) is 0 Å². The zero-order valence-electron chi connectivity index (χ0n) is 12.6. The lowest BCUT2D eigenvalue weighted by Crippen LogP contribution is -2.23. The zero-order valence-corrected chi connectivity index (χ0v) is 14.1. The van der Waals surface area contributed by atoms with Gasteiger partial charge in [-0.15, -0.1) is 0 Å². The van der Waals surface area contributed by atoms with Crippen LogP contribution < -0.4 is 10.6 Å². The first-order valence-electron chi connectivity index (χ1n) is 7.33. The largest absolute Gasteiger partial charge is 0.368 e. The van der Waals surface area contributed by atoms with Crippen molar-refractivity contribution in [2.45, 2.75) is 13.1 Å². The topological polar surface area (TPSA) is 55.0 Å². The number of hydrogen-bond donors (Lipinski definition) is 1. The summed E-state index contributed by atoms with van der Waals surface area (Å²) in [5.74, 6) is 1.07. The van der Waals surface area contributed by atoms with Crippen molar-refractivity contribution < 1.29 is 0 Å². The molecule has 0 aliphatic rings. The number of nitrogens with two attached hydrogens (primary N) is 1. The first kappa shape index (κ1) is 15.5. The monoisotopic (exact) mass is 368 g/mol. The molecule has 23 heavy (non-hydrogen) atoms. The Kier molecular flexibility index (Phi) is 4.88. The van der Waals surface area contributed by atoms with Crippen molar-refractivity contribution in [1.82, 2.24) is 9.97 Å². The van der Waals surface area contributed by atoms with Crippen LogP contribution in [0.2, 0.25) is 0 Å². The predicted molar refractivity (Wildman–Crippen MR) is 96.9 cm³/mol. The maximum atomic E-state index is 5.81. The third kappa shape index (κ3) is 4.29. The molecule has 0 unspecified atom stereocenters. The van der Waals surface area contributed by atoms with Crippen LogP contribution in [0, 0.1) is 0 Å². The van der Waals surface area contributed by atoms with Crippen molar-refractivity contribution in [3.05, 3.63) is 82.5 Å². The summed E-state index contributed by atoms with van der Waals surface area (Å²) in [6.07, 6.45) is 0. The quantitative estimate of drug-likeness (QED) is 0.690. The maximum Gasteiger partial charge on any atom is 0.223 e. The molecule has 0 atom stereocenters. The molecule has 0 bridgehead atoms. The summed E-state index contributed by atoms with van der Waals surface area (Å²) >= 11 is 3.39. The minimum Gasteiger partial charge on any atom is -0.368 e. The second-order valence-electron chi connectivity index (χ2n) is 5.23. The Balaban J connectivity index is 1.92. The van der Waals surface area contributed by atoms with Crippen LogP contribution in [0.1, 0.15) is 11.1 Å². The Morgan fingerprint density at radius 3 is 1.83 bits per heavy atom. The highest BCUT2D eigenvalue weighted by molar-refractivity contribution is 9.10. The van der Waals surface area contributed by atoms with E-state index in [1.807, 2.05) is 42.5 Å². The minimum absolute atomic E-state index is 0.264. The highest BCUT2D eigenvalue weighted by Gasteiger charge is 2.12. The van der Waals surface area contributed by atoms with Crippen molar-refractivity contribution in [2.24, 2.45) is 0 Å². The lowest BCUT2D eigenvalue weighted by atomic mass is 10.1. The first-order chi connectivity index (χ1) is 11.2. The summed E-state index contributed by atoms with van der Waals surface area (Å²) < 4.78 is 0.686. The fourth-order valence-corrected chi connectivity index (χ4v) is 2.80. The van der Waals surface area contributed by atoms with E-state index in [9.17, 15) is 0 Å². The van der Waals surface area contributed by atoms with Crippen LogP contribution in [0.15, 0.2) is 71.3 Å². The average molecular weight is 369 g/mol. The van der Waals surface area contributed by atoms with Gasteiger partial charge in [0, 0.05) is 19.2 Å². The summed E-state index contributed by atoms with van der Waals surface area (Å²) in [6, 6.07) is 22.5. The van der Waals surface area contributed by atoms with Crippen molar-refractivity contribution in [3.63, 3.8) is 0 Å². The zero-order chi connectivity index (χ0) is 16.1. The predicted octanol–water partition coefficient (Wildman–Crippen LogP) is 4.03. The molecule has 2 aromatic carbocycles. The number of nitrogen functional groups attached to an aromatic ring is 1. The summed E-state index contributed by atoms with van der Waals surface area (Å²) in [5.41, 5.74) is 8.24. The average Bonchev–Trinajstić information content (AvgIpc) is 2.55. The molecule has 1 heterocycles. The number of nitrogens with zero attached hydrogens (tertiary/aromatic N) is 3. The van der Waals surface area contributed by atoms with Crippen LogP contribution in [-0.4, -0.2) is 9.97 Å². The normalized spacial score (nSPS) is 10.5. The first-order valence-corrected chi connectivity index (χ1v) is 8.13. The summed E-state index contributed by atoms with van der Waals surface area (Å²) in [5, 5.41) is 0. The van der Waals surface area contributed by atoms with Gasteiger partial charge in [0.05, 0.1) is 0 Å². The third-order valence-electron chi connectivity index (χ3n) is 3.46. The summed E-state index contributed by atoms with van der Waals surface area (Å²) in [4.78, 5) is 10.7. The van der Waals surface area contributed by atoms with Crippen molar-refractivity contribution in [3.8, 4) is 0 Å². The molecule has 2 N–H and O–H groups in total. The van der Waals surface area contributed by atoms with E-state index in [0.717, 1.165) is 18.9 Å². The van der Waals surface area contributed by atoms with Gasteiger partial charge in [-0.1, -0.05) is 60.7 Å². The van der Waals surface area contributed by atoms with Crippen molar-refractivity contribution in [2.75, 3.05) is 10.6 Å². The van der Waals surface area contributed by atoms with Crippen LogP contribution in [0.25, 0.3) is 0 Å². The van der Waals surface area contributed by atoms with E-state index in [0.29, 0.717) is 4.60 Å². The number of aromatic nitrogens is 2. The molecule has 0 aliphatic heterocycles. The third-order valence-corrected chi connectivity index (χ3v) is 3.86. The fourth-order valence-electron chi connectivity index (χ4n) is 2.41. The van der Waals surface area contributed by atoms with E-state index in [2.05, 4.69) is 55.1 Å². The van der Waals surface area contributed by atoms with Gasteiger partial charge in [0.25, 0.3) is 0 Å². The van der Waals surface area contributed by atoms with Crippen LogP contribution in [-0.2, 0) is 13.1 Å². The highest BCUT2D eigenvalue weighted by atomic mass is 79.9. The molecule has 0 radical (unpaired) electrons. The van der Waals surface area contributed by atoms with Crippen molar-refractivity contribution in [1.29, 1.82) is 0 Å². The Labute approximate surface area is 144 Å². The molecule has 3 aromatic rings. The van der Waals surface area contributed by atoms with Gasteiger partial charge in [0.15, 0.2) is 0 Å². The highest BCUT2D eigenvalue weighted by Crippen LogP contribution is 2.22. The molecule has 0 saturated carbocycles. The molecule has 0 saturated heterocycles. The summed E-state index contributed by atoms with van der Waals surface area (Å²) in [6.45, 7) is 1.50. The van der Waals surface area contributed by atoms with Crippen LogP contribution in [0.3, 0.4) is 0 Å². The molecule has 3 rings (SSSR count). The van der Waals surface area contributed by atoms with Crippen molar-refractivity contribution >= 4 is 27.7 Å². The molecule has 0 amide bonds. The number of halogens is 1. The molecule has 4 nitrogen and oxygen atoms in total. The molecule has 0 spiro atoms. The number of rotatable bonds is 5. The van der Waals surface area contributed by atoms with Gasteiger partial charge in [-0.25, -0.2) is 4.98 Å². The van der Waals surface area contributed by atoms with Crippen LogP contribution in [0.5, 0.6) is 0 Å². The van der Waals surface area contributed by atoms with Crippen LogP contribution >= 0.6 is 15.9 Å². The van der Waals surface area contributed by atoms with Gasteiger partial charge >= 0.3 is 0 Å². The van der Waals surface area contributed by atoms with Gasteiger partial charge in [0.1, 0.15) is 10.4 Å². The number of anilines is 2. The van der Waals surface area contributed by atoms with E-state index in [-0.39, 0.29) is 5.95 Å². The Morgan fingerprint density at radius 1 is 0.826 bits per heavy atom. The van der Waals surface area contributed by atoms with Crippen LogP contribution in [0.4, 0.5) is 11.8 Å². The van der Waals surface area contributed by atoms with E-state index >= 15 is 0 Å². The second-order valence-corrected chi connectivity index (χ2v) is 6.05. The lowest BCUT2D eigenvalue weighted by molar-refractivity contribution is 0.781. The molecule has 5 heteroatoms. The van der Waals surface area contributed by atoms with E-state index in [1.54, 1.807) is 0 Å². The Morgan fingerprint density at radius 2 is 1.35 bits per heavy atom. The van der Waals surface area contributed by atoms with E-state index in [4.69, 9.17) is 5.73 Å². The SMILES string of the molecule is Nc1nc(Br)cc(N(Cc2ccccc2)Cc2ccccc2)n1. The molecular weight excluding hydrogens is 352 g/mol. The lowest BCUT2D eigenvalue weighted by Gasteiger charge is -2.24. The molecule has 0 aliphatic carbocycles. The van der Waals surface area contributed by atoms with Gasteiger partial charge in [-0.2, -0.15) is 4.98 Å². The number of hydrogen-bond acceptors (Lipinski definition) is 4. The van der Waals surface area contributed by atoms with E-state index in [1.165, 1.54) is 11.1 Å². The Hall–Kier alpha value is -2.40. The smallest absolute Gasteiger partial charge is 0.223 e. The molecule has 116 valence electrons. The molecular formula is C18H17BrN4. The second kappa shape index (κ2) is 7.24. The minimum atomic E-state index is 0.264. The molecule has 1 aromatic heterocycles.